The van der Waals surface area contributed by atoms with E-state index in [2.05, 4.69) is 15.2 Å². The van der Waals surface area contributed by atoms with Crippen LogP contribution in [-0.4, -0.2) is 34.0 Å². The van der Waals surface area contributed by atoms with Crippen molar-refractivity contribution in [3.05, 3.63) is 128 Å². The standard InChI is InChI=1S/C31H33N3O3S/c1-22(28-13-8-20-38-28)32-29(35)27-15-14-26(33-30(27)36)21-34-18-16-25(17-19-34)31(37,23-9-4-2-5-10-23)24-11-6-3-7-12-24/h2-15,20,22,25,37H,16-19,21H2,1H3,(H,32,35)(H,33,36). The van der Waals surface area contributed by atoms with Gasteiger partial charge in [-0.05, 0) is 73.5 Å². The van der Waals surface area contributed by atoms with Gasteiger partial charge in [-0.25, -0.2) is 0 Å². The first-order chi connectivity index (χ1) is 18.4. The Bertz CT molecular complexity index is 1360. The van der Waals surface area contributed by atoms with E-state index in [0.717, 1.165) is 47.6 Å². The van der Waals surface area contributed by atoms with Crippen LogP contribution in [0.25, 0.3) is 0 Å². The molecule has 0 bridgehead atoms. The summed E-state index contributed by atoms with van der Waals surface area (Å²) in [5.74, 6) is -0.306. The van der Waals surface area contributed by atoms with Gasteiger partial charge in [-0.15, -0.1) is 11.3 Å². The number of nitrogens with one attached hydrogen (secondary N) is 2. The lowest BCUT2D eigenvalue weighted by Crippen LogP contribution is -2.44. The minimum absolute atomic E-state index is 0.0685. The molecule has 1 saturated heterocycles. The maximum atomic E-state index is 12.7. The molecule has 2 aromatic carbocycles. The van der Waals surface area contributed by atoms with E-state index in [9.17, 15) is 14.7 Å². The lowest BCUT2D eigenvalue weighted by Gasteiger charge is -2.42. The predicted octanol–water partition coefficient (Wildman–Crippen LogP) is 5.08. The molecule has 38 heavy (non-hydrogen) atoms. The summed E-state index contributed by atoms with van der Waals surface area (Å²) in [4.78, 5) is 31.6. The van der Waals surface area contributed by atoms with Gasteiger partial charge in [-0.1, -0.05) is 66.7 Å². The number of aromatic nitrogens is 1. The van der Waals surface area contributed by atoms with Gasteiger partial charge in [0, 0.05) is 17.1 Å². The monoisotopic (exact) mass is 527 g/mol. The molecule has 2 aromatic heterocycles. The molecule has 1 atom stereocenters. The minimum Gasteiger partial charge on any atom is -0.380 e. The minimum atomic E-state index is -1.06. The second-order valence-corrected chi connectivity index (χ2v) is 11.0. The van der Waals surface area contributed by atoms with E-state index in [0.29, 0.717) is 6.54 Å². The average molecular weight is 528 g/mol. The molecule has 0 radical (unpaired) electrons. The van der Waals surface area contributed by atoms with Gasteiger partial charge < -0.3 is 15.4 Å². The van der Waals surface area contributed by atoms with Crippen LogP contribution < -0.4 is 10.9 Å². The van der Waals surface area contributed by atoms with Gasteiger partial charge in [0.05, 0.1) is 6.04 Å². The van der Waals surface area contributed by atoms with E-state index < -0.39 is 5.60 Å². The fourth-order valence-electron chi connectivity index (χ4n) is 5.44. The molecule has 0 spiro atoms. The fraction of sp³-hybridized carbons (Fsp3) is 0.290. The van der Waals surface area contributed by atoms with Crippen LogP contribution in [0.2, 0.25) is 0 Å². The van der Waals surface area contributed by atoms with Gasteiger partial charge in [-0.2, -0.15) is 0 Å². The second-order valence-electron chi connectivity index (χ2n) is 9.99. The summed E-state index contributed by atoms with van der Waals surface area (Å²) in [7, 11) is 0. The number of carbonyl (C=O) groups excluding carboxylic acids is 1. The van der Waals surface area contributed by atoms with Crippen molar-refractivity contribution in [2.75, 3.05) is 13.1 Å². The number of piperidine rings is 1. The molecule has 3 heterocycles. The Morgan fingerprint density at radius 2 is 1.63 bits per heavy atom. The fourth-order valence-corrected chi connectivity index (χ4v) is 6.18. The second kappa shape index (κ2) is 11.5. The van der Waals surface area contributed by atoms with Gasteiger partial charge in [0.1, 0.15) is 11.2 Å². The van der Waals surface area contributed by atoms with Crippen LogP contribution in [0.1, 0.15) is 57.9 Å². The number of benzene rings is 2. The molecular weight excluding hydrogens is 494 g/mol. The summed E-state index contributed by atoms with van der Waals surface area (Å²) < 4.78 is 0. The Morgan fingerprint density at radius 1 is 1.00 bits per heavy atom. The van der Waals surface area contributed by atoms with Crippen molar-refractivity contribution in [2.45, 2.75) is 38.0 Å². The molecule has 1 amide bonds. The van der Waals surface area contributed by atoms with Crippen LogP contribution in [0.5, 0.6) is 0 Å². The number of aliphatic hydroxyl groups is 1. The summed E-state index contributed by atoms with van der Waals surface area (Å²) in [5, 5.41) is 17.0. The number of likely N-dealkylation sites (tertiary alicyclic amines) is 1. The molecule has 196 valence electrons. The summed E-state index contributed by atoms with van der Waals surface area (Å²) in [6, 6.07) is 27.0. The van der Waals surface area contributed by atoms with Crippen LogP contribution >= 0.6 is 11.3 Å². The molecule has 7 heteroatoms. The van der Waals surface area contributed by atoms with E-state index in [1.807, 2.05) is 91.2 Å². The van der Waals surface area contributed by atoms with Gasteiger partial charge >= 0.3 is 0 Å². The van der Waals surface area contributed by atoms with Crippen molar-refractivity contribution >= 4 is 17.2 Å². The maximum Gasteiger partial charge on any atom is 0.261 e. The normalized spacial score (nSPS) is 15.7. The molecule has 0 aliphatic carbocycles. The number of amides is 1. The average Bonchev–Trinajstić information content (AvgIpc) is 3.49. The quantitative estimate of drug-likeness (QED) is 0.299. The predicted molar refractivity (Wildman–Crippen MR) is 151 cm³/mol. The topological polar surface area (TPSA) is 85.4 Å². The third kappa shape index (κ3) is 5.50. The molecular formula is C31H33N3O3S. The molecule has 4 aromatic rings. The third-order valence-corrected chi connectivity index (χ3v) is 8.59. The van der Waals surface area contributed by atoms with Crippen molar-refractivity contribution in [2.24, 2.45) is 5.92 Å². The van der Waals surface area contributed by atoms with Crippen LogP contribution in [-0.2, 0) is 12.1 Å². The largest absolute Gasteiger partial charge is 0.380 e. The van der Waals surface area contributed by atoms with Crippen molar-refractivity contribution in [1.29, 1.82) is 0 Å². The number of H-pyrrole nitrogens is 1. The highest BCUT2D eigenvalue weighted by molar-refractivity contribution is 7.10. The summed E-state index contributed by atoms with van der Waals surface area (Å²) in [6.45, 7) is 4.10. The first kappa shape index (κ1) is 26.1. The third-order valence-electron chi connectivity index (χ3n) is 7.53. The SMILES string of the molecule is CC(NC(=O)c1ccc(CN2CCC(C(O)(c3ccccc3)c3ccccc3)CC2)[nH]c1=O)c1cccs1. The Labute approximate surface area is 227 Å². The lowest BCUT2D eigenvalue weighted by molar-refractivity contribution is -0.0154. The first-order valence-corrected chi connectivity index (χ1v) is 14.0. The zero-order valence-electron chi connectivity index (χ0n) is 21.5. The number of thiophene rings is 1. The molecule has 1 aliphatic rings. The zero-order valence-corrected chi connectivity index (χ0v) is 22.3. The smallest absolute Gasteiger partial charge is 0.261 e. The number of aromatic amines is 1. The van der Waals surface area contributed by atoms with E-state index in [-0.39, 0.29) is 29.0 Å². The molecule has 6 nitrogen and oxygen atoms in total. The van der Waals surface area contributed by atoms with Crippen LogP contribution in [0.4, 0.5) is 0 Å². The van der Waals surface area contributed by atoms with E-state index in [4.69, 9.17) is 0 Å². The van der Waals surface area contributed by atoms with Crippen molar-refractivity contribution < 1.29 is 9.90 Å². The van der Waals surface area contributed by atoms with E-state index in [1.165, 1.54) is 0 Å². The molecule has 1 aliphatic heterocycles. The highest BCUT2D eigenvalue weighted by atomic mass is 32.1. The Morgan fingerprint density at radius 3 is 2.18 bits per heavy atom. The van der Waals surface area contributed by atoms with Gasteiger partial charge in [0.2, 0.25) is 0 Å². The zero-order chi connectivity index (χ0) is 26.5. The number of rotatable bonds is 8. The van der Waals surface area contributed by atoms with E-state index in [1.54, 1.807) is 17.4 Å². The van der Waals surface area contributed by atoms with E-state index >= 15 is 0 Å². The number of hydrogen-bond donors (Lipinski definition) is 3. The first-order valence-electron chi connectivity index (χ1n) is 13.1. The Kier molecular flexibility index (Phi) is 7.88. The Hall–Kier alpha value is -3.52. The summed E-state index contributed by atoms with van der Waals surface area (Å²) in [6.07, 6.45) is 1.65. The molecule has 5 rings (SSSR count). The summed E-state index contributed by atoms with van der Waals surface area (Å²) >= 11 is 1.57. The Balaban J connectivity index is 1.24. The van der Waals surface area contributed by atoms with Crippen molar-refractivity contribution in [3.63, 3.8) is 0 Å². The highest BCUT2D eigenvalue weighted by Gasteiger charge is 2.41. The maximum absolute atomic E-state index is 12.7. The number of carbonyl (C=O) groups is 1. The van der Waals surface area contributed by atoms with Crippen LogP contribution in [0, 0.1) is 5.92 Å². The van der Waals surface area contributed by atoms with Gasteiger partial charge in [0.15, 0.2) is 0 Å². The lowest BCUT2D eigenvalue weighted by atomic mass is 9.72. The highest BCUT2D eigenvalue weighted by Crippen LogP contribution is 2.42. The number of nitrogens with zero attached hydrogens (tertiary/aromatic N) is 1. The number of pyridine rings is 1. The van der Waals surface area contributed by atoms with Gasteiger partial charge in [-0.3, -0.25) is 14.5 Å². The molecule has 0 saturated carbocycles. The van der Waals surface area contributed by atoms with Crippen LogP contribution in [0.3, 0.4) is 0 Å². The molecule has 1 fully saturated rings. The molecule has 3 N–H and O–H groups in total. The van der Waals surface area contributed by atoms with Gasteiger partial charge in [0.25, 0.3) is 11.5 Å². The van der Waals surface area contributed by atoms with Crippen molar-refractivity contribution in [3.8, 4) is 0 Å². The summed E-state index contributed by atoms with van der Waals surface area (Å²) in [5.41, 5.74) is 1.28. The van der Waals surface area contributed by atoms with Crippen molar-refractivity contribution in [1.82, 2.24) is 15.2 Å². The molecule has 1 unspecified atom stereocenters. The van der Waals surface area contributed by atoms with Crippen LogP contribution in [0.15, 0.2) is 95.1 Å². The number of hydrogen-bond acceptors (Lipinski definition) is 5.